The van der Waals surface area contributed by atoms with Crippen LogP contribution in [0.25, 0.3) is 0 Å². The highest BCUT2D eigenvalue weighted by Gasteiger charge is 2.27. The van der Waals surface area contributed by atoms with E-state index in [-0.39, 0.29) is 17.6 Å². The van der Waals surface area contributed by atoms with Crippen LogP contribution in [0.1, 0.15) is 21.5 Å². The number of rotatable bonds is 2. The minimum atomic E-state index is -0.919. The van der Waals surface area contributed by atoms with E-state index in [2.05, 4.69) is 4.98 Å². The fraction of sp³-hybridized carbons (Fsp3) is 0.200. The predicted octanol–water partition coefficient (Wildman–Crippen LogP) is 3.21. The second-order valence-corrected chi connectivity index (χ2v) is 5.22. The number of amides is 1. The molecule has 0 aliphatic carbocycles. The lowest BCUT2D eigenvalue weighted by Gasteiger charge is -2.28. The molecule has 3 rings (SSSR count). The van der Waals surface area contributed by atoms with E-state index in [1.165, 1.54) is 6.07 Å². The number of nitrogens with zero attached hydrogens (tertiary/aromatic N) is 2. The van der Waals surface area contributed by atoms with Gasteiger partial charge in [0.05, 0.1) is 5.56 Å². The summed E-state index contributed by atoms with van der Waals surface area (Å²) in [6, 6.07) is 5.39. The lowest BCUT2D eigenvalue weighted by Crippen LogP contribution is -2.37. The average molecular weight is 309 g/mol. The van der Waals surface area contributed by atoms with Crippen LogP contribution in [0, 0.1) is 11.6 Å². The summed E-state index contributed by atoms with van der Waals surface area (Å²) in [5.41, 5.74) is 1.79. The van der Waals surface area contributed by atoms with Crippen LogP contribution >= 0.6 is 11.6 Å². The first kappa shape index (κ1) is 13.9. The summed E-state index contributed by atoms with van der Waals surface area (Å²) < 4.78 is 26.1. The maximum atomic E-state index is 13.2. The number of carbonyl (C=O) groups excluding carboxylic acids is 1. The topological polar surface area (TPSA) is 33.2 Å². The van der Waals surface area contributed by atoms with Gasteiger partial charge in [0.25, 0.3) is 5.91 Å². The smallest absolute Gasteiger partial charge is 0.257 e. The molecule has 2 heterocycles. The Labute approximate surface area is 125 Å². The Balaban J connectivity index is 1.86. The molecule has 0 spiro atoms. The average Bonchev–Trinajstić information content (AvgIpc) is 2.46. The number of halogens is 3. The van der Waals surface area contributed by atoms with Gasteiger partial charge in [-0.2, -0.15) is 0 Å². The molecule has 1 aromatic heterocycles. The van der Waals surface area contributed by atoms with E-state index >= 15 is 0 Å². The second kappa shape index (κ2) is 5.41. The standard InChI is InChI=1S/C15H11ClF2N2O/c16-14-13-10(3-5-19-14)4-6-20(15(13)21)8-9-1-2-11(17)12(18)7-9/h1-3,5,7H,4,6,8H2. The monoisotopic (exact) mass is 308 g/mol. The molecule has 1 aliphatic rings. The van der Waals surface area contributed by atoms with Gasteiger partial charge in [0, 0.05) is 19.3 Å². The van der Waals surface area contributed by atoms with Crippen LogP contribution in [0.15, 0.2) is 30.5 Å². The Morgan fingerprint density at radius 1 is 1.24 bits per heavy atom. The number of benzene rings is 1. The molecule has 0 radical (unpaired) electrons. The summed E-state index contributed by atoms with van der Waals surface area (Å²) >= 11 is 5.98. The minimum Gasteiger partial charge on any atom is -0.334 e. The van der Waals surface area contributed by atoms with Gasteiger partial charge in [-0.15, -0.1) is 0 Å². The molecule has 0 fully saturated rings. The van der Waals surface area contributed by atoms with E-state index in [0.29, 0.717) is 24.1 Å². The quantitative estimate of drug-likeness (QED) is 0.798. The van der Waals surface area contributed by atoms with Gasteiger partial charge in [-0.05, 0) is 35.7 Å². The number of hydrogen-bond acceptors (Lipinski definition) is 2. The van der Waals surface area contributed by atoms with E-state index in [1.807, 2.05) is 0 Å². The van der Waals surface area contributed by atoms with Crippen molar-refractivity contribution in [1.82, 2.24) is 9.88 Å². The number of fused-ring (bicyclic) bond motifs is 1. The number of aromatic nitrogens is 1. The molecule has 0 N–H and O–H groups in total. The maximum Gasteiger partial charge on any atom is 0.257 e. The van der Waals surface area contributed by atoms with Crippen LogP contribution in [0.2, 0.25) is 5.15 Å². The zero-order valence-electron chi connectivity index (χ0n) is 10.9. The van der Waals surface area contributed by atoms with Crippen LogP contribution in [0.3, 0.4) is 0 Å². The second-order valence-electron chi connectivity index (χ2n) is 4.86. The molecule has 6 heteroatoms. The molecule has 0 atom stereocenters. The van der Waals surface area contributed by atoms with Crippen molar-refractivity contribution < 1.29 is 13.6 Å². The van der Waals surface area contributed by atoms with Gasteiger partial charge >= 0.3 is 0 Å². The van der Waals surface area contributed by atoms with E-state index in [0.717, 1.165) is 17.7 Å². The highest BCUT2D eigenvalue weighted by Crippen LogP contribution is 2.25. The molecule has 0 saturated heterocycles. The van der Waals surface area contributed by atoms with Crippen LogP contribution in [-0.2, 0) is 13.0 Å². The zero-order valence-corrected chi connectivity index (χ0v) is 11.7. The Kier molecular flexibility index (Phi) is 3.59. The third kappa shape index (κ3) is 2.61. The third-order valence-corrected chi connectivity index (χ3v) is 3.79. The summed E-state index contributed by atoms with van der Waals surface area (Å²) in [7, 11) is 0. The summed E-state index contributed by atoms with van der Waals surface area (Å²) in [5.74, 6) is -2.06. The predicted molar refractivity (Wildman–Crippen MR) is 74.0 cm³/mol. The number of pyridine rings is 1. The zero-order chi connectivity index (χ0) is 15.0. The van der Waals surface area contributed by atoms with Gasteiger partial charge < -0.3 is 4.90 Å². The highest BCUT2D eigenvalue weighted by molar-refractivity contribution is 6.32. The molecular weight excluding hydrogens is 298 g/mol. The van der Waals surface area contributed by atoms with Crippen LogP contribution in [-0.4, -0.2) is 22.3 Å². The summed E-state index contributed by atoms with van der Waals surface area (Å²) in [6.45, 7) is 0.714. The van der Waals surface area contributed by atoms with E-state index in [9.17, 15) is 13.6 Å². The van der Waals surface area contributed by atoms with Gasteiger partial charge in [0.1, 0.15) is 5.15 Å². The first-order chi connectivity index (χ1) is 10.1. The SMILES string of the molecule is O=C1c2c(ccnc2Cl)CCN1Cc1ccc(F)c(F)c1. The first-order valence-electron chi connectivity index (χ1n) is 6.43. The summed E-state index contributed by atoms with van der Waals surface area (Å²) in [6.07, 6.45) is 2.23. The minimum absolute atomic E-state index is 0.174. The van der Waals surface area contributed by atoms with Crippen molar-refractivity contribution in [3.8, 4) is 0 Å². The maximum absolute atomic E-state index is 13.2. The number of hydrogen-bond donors (Lipinski definition) is 0. The van der Waals surface area contributed by atoms with E-state index in [1.54, 1.807) is 17.2 Å². The summed E-state index contributed by atoms with van der Waals surface area (Å²) in [4.78, 5) is 17.9. The Morgan fingerprint density at radius 2 is 2.05 bits per heavy atom. The van der Waals surface area contributed by atoms with Gasteiger partial charge in [-0.25, -0.2) is 13.8 Å². The Bertz CT molecular complexity index is 721. The molecule has 3 nitrogen and oxygen atoms in total. The fourth-order valence-electron chi connectivity index (χ4n) is 2.43. The van der Waals surface area contributed by atoms with Crippen molar-refractivity contribution in [2.75, 3.05) is 6.54 Å². The van der Waals surface area contributed by atoms with Gasteiger partial charge in [-0.1, -0.05) is 17.7 Å². The van der Waals surface area contributed by atoms with Crippen molar-refractivity contribution >= 4 is 17.5 Å². The molecule has 0 bridgehead atoms. The van der Waals surface area contributed by atoms with Crippen molar-refractivity contribution in [1.29, 1.82) is 0 Å². The van der Waals surface area contributed by atoms with Gasteiger partial charge in [0.2, 0.25) is 0 Å². The van der Waals surface area contributed by atoms with E-state index in [4.69, 9.17) is 11.6 Å². The molecular formula is C15H11ClF2N2O. The summed E-state index contributed by atoms with van der Waals surface area (Å²) in [5, 5.41) is 0.174. The van der Waals surface area contributed by atoms with Crippen molar-refractivity contribution in [2.45, 2.75) is 13.0 Å². The molecule has 108 valence electrons. The number of carbonyl (C=O) groups is 1. The highest BCUT2D eigenvalue weighted by atomic mass is 35.5. The van der Waals surface area contributed by atoms with Crippen LogP contribution in [0.5, 0.6) is 0 Å². The Hall–Kier alpha value is -2.01. The van der Waals surface area contributed by atoms with E-state index < -0.39 is 11.6 Å². The van der Waals surface area contributed by atoms with Gasteiger partial charge in [-0.3, -0.25) is 4.79 Å². The van der Waals surface area contributed by atoms with Crippen LogP contribution in [0.4, 0.5) is 8.78 Å². The molecule has 0 saturated carbocycles. The lowest BCUT2D eigenvalue weighted by atomic mass is 10.0. The van der Waals surface area contributed by atoms with Crippen molar-refractivity contribution in [3.05, 3.63) is 63.9 Å². The van der Waals surface area contributed by atoms with Crippen molar-refractivity contribution in [2.24, 2.45) is 0 Å². The normalized spacial score (nSPS) is 14.2. The Morgan fingerprint density at radius 3 is 2.81 bits per heavy atom. The van der Waals surface area contributed by atoms with Crippen LogP contribution < -0.4 is 0 Å². The lowest BCUT2D eigenvalue weighted by molar-refractivity contribution is 0.0726. The van der Waals surface area contributed by atoms with Gasteiger partial charge in [0.15, 0.2) is 11.6 Å². The fourth-order valence-corrected chi connectivity index (χ4v) is 2.69. The van der Waals surface area contributed by atoms with Crippen molar-refractivity contribution in [3.63, 3.8) is 0 Å². The molecule has 2 aromatic rings. The third-order valence-electron chi connectivity index (χ3n) is 3.50. The molecule has 1 aromatic carbocycles. The molecule has 0 unspecified atom stereocenters. The molecule has 1 amide bonds. The largest absolute Gasteiger partial charge is 0.334 e. The first-order valence-corrected chi connectivity index (χ1v) is 6.80. The molecule has 21 heavy (non-hydrogen) atoms. The molecule has 1 aliphatic heterocycles.